The molecule has 0 aliphatic rings. The molecule has 82 valence electrons. The topological polar surface area (TPSA) is 12.0 Å². The molecule has 1 aromatic carbocycles. The van der Waals surface area contributed by atoms with Gasteiger partial charge in [-0.15, -0.1) is 0 Å². The number of hydrogen-bond donors (Lipinski definition) is 1. The van der Waals surface area contributed by atoms with Crippen LogP contribution in [0.5, 0.6) is 0 Å². The lowest BCUT2D eigenvalue weighted by Gasteiger charge is -2.15. The summed E-state index contributed by atoms with van der Waals surface area (Å²) in [6.45, 7) is 11.4. The monoisotopic (exact) mass is 203 g/mol. The fourth-order valence-corrected chi connectivity index (χ4v) is 1.48. The SMILES string of the molecule is C=C(CC)CN[C@@H](C)c1cccc(C)c1. The molecule has 15 heavy (non-hydrogen) atoms. The van der Waals surface area contributed by atoms with Crippen LogP contribution in [0.2, 0.25) is 0 Å². The van der Waals surface area contributed by atoms with Crippen LogP contribution in [0.4, 0.5) is 0 Å². The minimum atomic E-state index is 0.396. The number of benzene rings is 1. The molecule has 0 unspecified atom stereocenters. The van der Waals surface area contributed by atoms with Crippen molar-refractivity contribution in [3.63, 3.8) is 0 Å². The number of rotatable bonds is 5. The maximum atomic E-state index is 3.99. The lowest BCUT2D eigenvalue weighted by molar-refractivity contribution is 0.601. The molecule has 1 aromatic rings. The summed E-state index contributed by atoms with van der Waals surface area (Å²) in [4.78, 5) is 0. The molecule has 1 nitrogen and oxygen atoms in total. The van der Waals surface area contributed by atoms with Crippen molar-refractivity contribution in [1.82, 2.24) is 5.32 Å². The van der Waals surface area contributed by atoms with Crippen molar-refractivity contribution >= 4 is 0 Å². The molecule has 0 aliphatic heterocycles. The van der Waals surface area contributed by atoms with E-state index in [0.29, 0.717) is 6.04 Å². The van der Waals surface area contributed by atoms with Crippen molar-refractivity contribution < 1.29 is 0 Å². The summed E-state index contributed by atoms with van der Waals surface area (Å²) in [5, 5.41) is 3.48. The maximum Gasteiger partial charge on any atom is 0.0294 e. The zero-order valence-electron chi connectivity index (χ0n) is 10.0. The molecule has 0 fully saturated rings. The number of nitrogens with one attached hydrogen (secondary N) is 1. The van der Waals surface area contributed by atoms with Gasteiger partial charge in [0, 0.05) is 12.6 Å². The lowest BCUT2D eigenvalue weighted by atomic mass is 10.1. The summed E-state index contributed by atoms with van der Waals surface area (Å²) in [7, 11) is 0. The van der Waals surface area contributed by atoms with Gasteiger partial charge in [-0.1, -0.05) is 48.9 Å². The largest absolute Gasteiger partial charge is 0.306 e. The third-order valence-electron chi connectivity index (χ3n) is 2.70. The highest BCUT2D eigenvalue weighted by Gasteiger charge is 2.04. The van der Waals surface area contributed by atoms with Gasteiger partial charge in [0.1, 0.15) is 0 Å². The molecule has 0 saturated heterocycles. The highest BCUT2D eigenvalue weighted by molar-refractivity contribution is 5.24. The number of aryl methyl sites for hydroxylation is 1. The molecule has 0 amide bonds. The summed E-state index contributed by atoms with van der Waals surface area (Å²) in [6.07, 6.45) is 1.05. The van der Waals surface area contributed by atoms with E-state index in [9.17, 15) is 0 Å². The fourth-order valence-electron chi connectivity index (χ4n) is 1.48. The Morgan fingerprint density at radius 2 is 2.20 bits per heavy atom. The average molecular weight is 203 g/mol. The van der Waals surface area contributed by atoms with Crippen LogP contribution in [0.3, 0.4) is 0 Å². The van der Waals surface area contributed by atoms with Gasteiger partial charge in [0.2, 0.25) is 0 Å². The van der Waals surface area contributed by atoms with Gasteiger partial charge in [-0.25, -0.2) is 0 Å². The minimum absolute atomic E-state index is 0.396. The van der Waals surface area contributed by atoms with Crippen LogP contribution in [-0.4, -0.2) is 6.54 Å². The second kappa shape index (κ2) is 5.72. The molecule has 1 rings (SSSR count). The number of hydrogen-bond acceptors (Lipinski definition) is 1. The highest BCUT2D eigenvalue weighted by atomic mass is 14.9. The molecule has 0 radical (unpaired) electrons. The Bertz CT molecular complexity index is 328. The molecule has 0 aromatic heterocycles. The van der Waals surface area contributed by atoms with Gasteiger partial charge >= 0.3 is 0 Å². The van der Waals surface area contributed by atoms with Gasteiger partial charge in [-0.3, -0.25) is 0 Å². The van der Waals surface area contributed by atoms with Crippen molar-refractivity contribution in [2.24, 2.45) is 0 Å². The summed E-state index contributed by atoms with van der Waals surface area (Å²) in [5.74, 6) is 0. The van der Waals surface area contributed by atoms with Crippen molar-refractivity contribution in [3.05, 3.63) is 47.5 Å². The summed E-state index contributed by atoms with van der Waals surface area (Å²) >= 11 is 0. The second-order valence-electron chi connectivity index (χ2n) is 4.12. The Morgan fingerprint density at radius 1 is 1.47 bits per heavy atom. The Balaban J connectivity index is 2.53. The van der Waals surface area contributed by atoms with Gasteiger partial charge < -0.3 is 5.32 Å². The maximum absolute atomic E-state index is 3.99. The van der Waals surface area contributed by atoms with Gasteiger partial charge in [0.05, 0.1) is 0 Å². The predicted molar refractivity (Wildman–Crippen MR) is 67.0 cm³/mol. The average Bonchev–Trinajstić information content (AvgIpc) is 2.25. The quantitative estimate of drug-likeness (QED) is 0.721. The van der Waals surface area contributed by atoms with Gasteiger partial charge in [-0.2, -0.15) is 0 Å². The van der Waals surface area contributed by atoms with E-state index < -0.39 is 0 Å². The second-order valence-corrected chi connectivity index (χ2v) is 4.12. The molecule has 1 N–H and O–H groups in total. The van der Waals surface area contributed by atoms with E-state index >= 15 is 0 Å². The Hall–Kier alpha value is -1.08. The van der Waals surface area contributed by atoms with Crippen molar-refractivity contribution in [3.8, 4) is 0 Å². The summed E-state index contributed by atoms with van der Waals surface area (Å²) in [5.41, 5.74) is 3.92. The van der Waals surface area contributed by atoms with Crippen LogP contribution in [0.15, 0.2) is 36.4 Å². The molecular formula is C14H21N. The smallest absolute Gasteiger partial charge is 0.0294 e. The van der Waals surface area contributed by atoms with Crippen molar-refractivity contribution in [2.45, 2.75) is 33.2 Å². The molecule has 1 atom stereocenters. The molecular weight excluding hydrogens is 182 g/mol. The predicted octanol–water partition coefficient (Wildman–Crippen LogP) is 3.61. The van der Waals surface area contributed by atoms with E-state index in [1.54, 1.807) is 0 Å². The Labute approximate surface area is 93.2 Å². The molecule has 0 bridgehead atoms. The summed E-state index contributed by atoms with van der Waals surface area (Å²) in [6, 6.07) is 9.03. The van der Waals surface area contributed by atoms with E-state index in [-0.39, 0.29) is 0 Å². The fraction of sp³-hybridized carbons (Fsp3) is 0.429. The normalized spacial score (nSPS) is 12.5. The Morgan fingerprint density at radius 3 is 2.80 bits per heavy atom. The van der Waals surface area contributed by atoms with Crippen molar-refractivity contribution in [1.29, 1.82) is 0 Å². The lowest BCUT2D eigenvalue weighted by Crippen LogP contribution is -2.20. The minimum Gasteiger partial charge on any atom is -0.306 e. The van der Waals surface area contributed by atoms with E-state index in [0.717, 1.165) is 13.0 Å². The molecule has 0 saturated carbocycles. The van der Waals surface area contributed by atoms with Crippen LogP contribution < -0.4 is 5.32 Å². The van der Waals surface area contributed by atoms with E-state index in [1.165, 1.54) is 16.7 Å². The first-order valence-corrected chi connectivity index (χ1v) is 5.60. The standard InChI is InChI=1S/C14H21N/c1-5-11(2)10-15-13(4)14-8-6-7-12(3)9-14/h6-9,13,15H,2,5,10H2,1,3-4H3/t13-/m0/s1. The first kappa shape index (κ1) is 12.0. The van der Waals surface area contributed by atoms with E-state index in [1.807, 2.05) is 0 Å². The van der Waals surface area contributed by atoms with E-state index in [4.69, 9.17) is 0 Å². The third-order valence-corrected chi connectivity index (χ3v) is 2.70. The van der Waals surface area contributed by atoms with Gasteiger partial charge in [0.25, 0.3) is 0 Å². The first-order chi connectivity index (χ1) is 7.13. The first-order valence-electron chi connectivity index (χ1n) is 5.60. The Kier molecular flexibility index (Phi) is 4.57. The van der Waals surface area contributed by atoms with E-state index in [2.05, 4.69) is 56.9 Å². The van der Waals surface area contributed by atoms with Crippen molar-refractivity contribution in [2.75, 3.05) is 6.54 Å². The zero-order chi connectivity index (χ0) is 11.3. The summed E-state index contributed by atoms with van der Waals surface area (Å²) < 4.78 is 0. The van der Waals surface area contributed by atoms with Gasteiger partial charge in [0.15, 0.2) is 0 Å². The molecule has 0 spiro atoms. The van der Waals surface area contributed by atoms with Crippen LogP contribution in [-0.2, 0) is 0 Å². The molecule has 0 heterocycles. The van der Waals surface area contributed by atoms with Crippen LogP contribution in [0.1, 0.15) is 37.4 Å². The van der Waals surface area contributed by atoms with Crippen LogP contribution >= 0.6 is 0 Å². The highest BCUT2D eigenvalue weighted by Crippen LogP contribution is 2.13. The zero-order valence-corrected chi connectivity index (χ0v) is 10.0. The van der Waals surface area contributed by atoms with Gasteiger partial charge in [-0.05, 0) is 25.8 Å². The van der Waals surface area contributed by atoms with Crippen LogP contribution in [0, 0.1) is 6.92 Å². The molecule has 1 heteroatoms. The molecule has 0 aliphatic carbocycles. The third kappa shape index (κ3) is 3.88. The van der Waals surface area contributed by atoms with Crippen LogP contribution in [0.25, 0.3) is 0 Å².